The molecule has 0 unspecified atom stereocenters. The van der Waals surface area contributed by atoms with Crippen molar-refractivity contribution in [1.82, 2.24) is 0 Å². The smallest absolute Gasteiger partial charge is 0.223 e. The highest BCUT2D eigenvalue weighted by atomic mass is 35.5. The van der Waals surface area contributed by atoms with E-state index >= 15 is 0 Å². The van der Waals surface area contributed by atoms with E-state index in [0.29, 0.717) is 6.07 Å². The lowest BCUT2D eigenvalue weighted by Crippen LogP contribution is -3.00. The number of halogens is 3. The average molecular weight is 249 g/mol. The first-order chi connectivity index (χ1) is 6.99. The molecule has 0 bridgehead atoms. The van der Waals surface area contributed by atoms with Gasteiger partial charge in [-0.05, 0) is 12.1 Å². The fourth-order valence-electron chi connectivity index (χ4n) is 0.853. The number of hydrogen-bond donors (Lipinski definition) is 3. The Labute approximate surface area is 96.5 Å². The van der Waals surface area contributed by atoms with Gasteiger partial charge < -0.3 is 29.6 Å². The summed E-state index contributed by atoms with van der Waals surface area (Å²) >= 11 is 0. The molecular formula is C8H9ClF2N5-. The molecule has 1 aromatic carbocycles. The van der Waals surface area contributed by atoms with Crippen LogP contribution in [0.2, 0.25) is 0 Å². The molecule has 6 N–H and O–H groups in total. The van der Waals surface area contributed by atoms with Gasteiger partial charge in [0.2, 0.25) is 5.96 Å². The number of guanidine groups is 2. The van der Waals surface area contributed by atoms with Crippen molar-refractivity contribution in [3.63, 3.8) is 0 Å². The predicted octanol–water partition coefficient (Wildman–Crippen LogP) is -2.81. The van der Waals surface area contributed by atoms with Crippen LogP contribution in [0, 0.1) is 11.6 Å². The fraction of sp³-hybridized carbons (Fsp3) is 0. The summed E-state index contributed by atoms with van der Waals surface area (Å²) in [6, 6.07) is 2.85. The van der Waals surface area contributed by atoms with Crippen LogP contribution in [0.25, 0.3) is 0 Å². The monoisotopic (exact) mass is 248 g/mol. The summed E-state index contributed by atoms with van der Waals surface area (Å²) in [5, 5.41) is 0. The van der Waals surface area contributed by atoms with Crippen LogP contribution in [0.3, 0.4) is 0 Å². The van der Waals surface area contributed by atoms with E-state index in [4.69, 9.17) is 17.2 Å². The summed E-state index contributed by atoms with van der Waals surface area (Å²) in [5.41, 5.74) is 15.2. The van der Waals surface area contributed by atoms with E-state index in [2.05, 4.69) is 9.98 Å². The third kappa shape index (κ3) is 4.09. The van der Waals surface area contributed by atoms with Gasteiger partial charge in [-0.3, -0.25) is 0 Å². The van der Waals surface area contributed by atoms with Crippen LogP contribution >= 0.6 is 0 Å². The molecule has 8 heteroatoms. The summed E-state index contributed by atoms with van der Waals surface area (Å²) in [5.74, 6) is -2.14. The highest BCUT2D eigenvalue weighted by molar-refractivity contribution is 5.93. The molecule has 0 aromatic heterocycles. The second kappa shape index (κ2) is 5.86. The predicted molar refractivity (Wildman–Crippen MR) is 53.5 cm³/mol. The van der Waals surface area contributed by atoms with E-state index in [1.807, 2.05) is 0 Å². The highest BCUT2D eigenvalue weighted by Gasteiger charge is 2.02. The standard InChI is InChI=1S/C8H9F2N5.ClH/c9-4-1-2-6(5(10)3-4)14-8(13)15-7(11)12;/h1-3H,(H6,11,12,13,14,15);1H/p-1. The van der Waals surface area contributed by atoms with E-state index in [9.17, 15) is 8.78 Å². The summed E-state index contributed by atoms with van der Waals surface area (Å²) in [7, 11) is 0. The van der Waals surface area contributed by atoms with Crippen molar-refractivity contribution in [2.45, 2.75) is 0 Å². The van der Waals surface area contributed by atoms with Gasteiger partial charge in [-0.25, -0.2) is 13.8 Å². The quantitative estimate of drug-likeness (QED) is 0.369. The lowest BCUT2D eigenvalue weighted by atomic mass is 10.3. The molecule has 88 valence electrons. The Morgan fingerprint density at radius 2 is 1.75 bits per heavy atom. The van der Waals surface area contributed by atoms with Crippen molar-refractivity contribution in [3.05, 3.63) is 29.8 Å². The minimum atomic E-state index is -0.844. The van der Waals surface area contributed by atoms with Gasteiger partial charge in [-0.1, -0.05) is 0 Å². The second-order valence-electron chi connectivity index (χ2n) is 2.60. The lowest BCUT2D eigenvalue weighted by molar-refractivity contribution is -0.00000487. The highest BCUT2D eigenvalue weighted by Crippen LogP contribution is 2.17. The van der Waals surface area contributed by atoms with Gasteiger partial charge >= 0.3 is 0 Å². The van der Waals surface area contributed by atoms with Crippen molar-refractivity contribution >= 4 is 17.6 Å². The first-order valence-corrected chi connectivity index (χ1v) is 3.88. The van der Waals surface area contributed by atoms with E-state index in [1.54, 1.807) is 0 Å². The molecule has 0 radical (unpaired) electrons. The summed E-state index contributed by atoms with van der Waals surface area (Å²) in [6.45, 7) is 0. The molecular weight excluding hydrogens is 240 g/mol. The molecule has 0 atom stereocenters. The van der Waals surface area contributed by atoms with E-state index in [0.717, 1.165) is 12.1 Å². The molecule has 1 aromatic rings. The van der Waals surface area contributed by atoms with Crippen LogP contribution in [-0.2, 0) is 0 Å². The minimum absolute atomic E-state index is 0. The van der Waals surface area contributed by atoms with Crippen molar-refractivity contribution in [3.8, 4) is 0 Å². The van der Waals surface area contributed by atoms with Gasteiger partial charge in [-0.2, -0.15) is 4.99 Å². The maximum absolute atomic E-state index is 13.0. The van der Waals surface area contributed by atoms with Gasteiger partial charge in [0, 0.05) is 6.07 Å². The zero-order chi connectivity index (χ0) is 11.4. The molecule has 0 amide bonds. The Morgan fingerprint density at radius 3 is 2.25 bits per heavy atom. The molecule has 5 nitrogen and oxygen atoms in total. The van der Waals surface area contributed by atoms with Crippen molar-refractivity contribution in [2.24, 2.45) is 27.2 Å². The van der Waals surface area contributed by atoms with Crippen molar-refractivity contribution < 1.29 is 21.2 Å². The topological polar surface area (TPSA) is 103 Å². The fourth-order valence-corrected chi connectivity index (χ4v) is 0.853. The Balaban J connectivity index is 0.00000225. The van der Waals surface area contributed by atoms with E-state index in [-0.39, 0.29) is 30.0 Å². The Hall–Kier alpha value is -1.89. The van der Waals surface area contributed by atoms with Crippen LogP contribution in [0.5, 0.6) is 0 Å². The first-order valence-electron chi connectivity index (χ1n) is 3.88. The number of nitrogens with two attached hydrogens (primary N) is 3. The maximum Gasteiger partial charge on any atom is 0.223 e. The number of rotatable bonds is 1. The molecule has 0 aliphatic rings. The molecule has 1 rings (SSSR count). The lowest BCUT2D eigenvalue weighted by Gasteiger charge is -1.97. The molecule has 16 heavy (non-hydrogen) atoms. The third-order valence-electron chi connectivity index (χ3n) is 1.39. The number of benzene rings is 1. The first kappa shape index (κ1) is 14.1. The van der Waals surface area contributed by atoms with Crippen LogP contribution in [0.15, 0.2) is 28.2 Å². The van der Waals surface area contributed by atoms with Gasteiger partial charge in [0.25, 0.3) is 0 Å². The minimum Gasteiger partial charge on any atom is -1.00 e. The normalized spacial score (nSPS) is 10.5. The van der Waals surface area contributed by atoms with Crippen LogP contribution in [-0.4, -0.2) is 11.9 Å². The maximum atomic E-state index is 13.0. The summed E-state index contributed by atoms with van der Waals surface area (Å²) in [4.78, 5) is 6.92. The molecule has 0 aliphatic carbocycles. The number of nitrogens with zero attached hydrogens (tertiary/aromatic N) is 2. The Bertz CT molecular complexity index is 428. The van der Waals surface area contributed by atoms with Gasteiger partial charge in [-0.15, -0.1) is 0 Å². The van der Waals surface area contributed by atoms with Gasteiger partial charge in [0.15, 0.2) is 11.8 Å². The molecule has 0 aliphatic heterocycles. The largest absolute Gasteiger partial charge is 1.00 e. The Morgan fingerprint density at radius 1 is 1.12 bits per heavy atom. The zero-order valence-corrected chi connectivity index (χ0v) is 8.75. The molecule has 0 fully saturated rings. The SMILES string of the molecule is NC(N)=NC(N)=Nc1ccc(F)cc1F.[Cl-]. The number of hydrogen-bond acceptors (Lipinski definition) is 1. The van der Waals surface area contributed by atoms with Crippen molar-refractivity contribution in [2.75, 3.05) is 0 Å². The van der Waals surface area contributed by atoms with E-state index < -0.39 is 11.6 Å². The van der Waals surface area contributed by atoms with E-state index in [1.165, 1.54) is 0 Å². The van der Waals surface area contributed by atoms with Crippen LogP contribution in [0.1, 0.15) is 0 Å². The third-order valence-corrected chi connectivity index (χ3v) is 1.39. The zero-order valence-electron chi connectivity index (χ0n) is 7.99. The average Bonchev–Trinajstić information content (AvgIpc) is 2.08. The van der Waals surface area contributed by atoms with Crippen molar-refractivity contribution in [1.29, 1.82) is 0 Å². The molecule has 0 saturated heterocycles. The van der Waals surface area contributed by atoms with Gasteiger partial charge in [0.05, 0.1) is 0 Å². The summed E-state index contributed by atoms with van der Waals surface area (Å²) < 4.78 is 25.5. The van der Waals surface area contributed by atoms with Crippen LogP contribution in [0.4, 0.5) is 14.5 Å². The van der Waals surface area contributed by atoms with Crippen LogP contribution < -0.4 is 29.6 Å². The molecule has 0 spiro atoms. The molecule has 0 heterocycles. The Kier molecular flexibility index (Phi) is 5.17. The number of aliphatic imine (C=N–C) groups is 2. The van der Waals surface area contributed by atoms with Gasteiger partial charge in [0.1, 0.15) is 11.5 Å². The molecule has 0 saturated carbocycles. The summed E-state index contributed by atoms with van der Waals surface area (Å²) in [6.07, 6.45) is 0. The second-order valence-corrected chi connectivity index (χ2v) is 2.60.